The zero-order valence-electron chi connectivity index (χ0n) is 20.1. The number of thiophene rings is 1. The van der Waals surface area contributed by atoms with Gasteiger partial charge in [0.05, 0.1) is 25.4 Å². The summed E-state index contributed by atoms with van der Waals surface area (Å²) in [6.45, 7) is 8.34. The smallest absolute Gasteiger partial charge is 0.348 e. The van der Waals surface area contributed by atoms with Crippen LogP contribution in [0.2, 0.25) is 0 Å². The van der Waals surface area contributed by atoms with Crippen LogP contribution in [0.3, 0.4) is 0 Å². The minimum atomic E-state index is -0.736. The maximum atomic E-state index is 12.6. The van der Waals surface area contributed by atoms with Crippen LogP contribution < -0.4 is 0 Å². The molecule has 2 bridgehead atoms. The lowest BCUT2D eigenvalue weighted by Crippen LogP contribution is -2.71. The molecule has 1 spiro atoms. The summed E-state index contributed by atoms with van der Waals surface area (Å²) >= 11 is 1.36. The predicted molar refractivity (Wildman–Crippen MR) is 128 cm³/mol. The third kappa shape index (κ3) is 3.41. The van der Waals surface area contributed by atoms with Crippen molar-refractivity contribution in [2.45, 2.75) is 71.0 Å². The lowest BCUT2D eigenvalue weighted by Gasteiger charge is -2.70. The molecular formula is C27H36O6S. The van der Waals surface area contributed by atoms with E-state index in [1.807, 2.05) is 11.4 Å². The summed E-state index contributed by atoms with van der Waals surface area (Å²) in [5.74, 6) is -0.360. The number of esters is 2. The molecule has 0 amide bonds. The van der Waals surface area contributed by atoms with Gasteiger partial charge in [0.15, 0.2) is 0 Å². The summed E-state index contributed by atoms with van der Waals surface area (Å²) in [4.78, 5) is 25.2. The summed E-state index contributed by atoms with van der Waals surface area (Å²) in [5, 5.41) is 24.9. The number of hydrogen-bond donors (Lipinski definition) is 2. The van der Waals surface area contributed by atoms with Crippen molar-refractivity contribution in [2.75, 3.05) is 13.2 Å². The van der Waals surface area contributed by atoms with E-state index in [0.717, 1.165) is 44.1 Å². The fourth-order valence-corrected chi connectivity index (χ4v) is 9.04. The number of carbonyl (C=O) groups excluding carboxylic acids is 2. The number of hydrogen-bond acceptors (Lipinski definition) is 7. The van der Waals surface area contributed by atoms with Gasteiger partial charge in [-0.1, -0.05) is 26.0 Å². The first-order valence-electron chi connectivity index (χ1n) is 12.5. The molecule has 0 radical (unpaired) electrons. The van der Waals surface area contributed by atoms with Gasteiger partial charge >= 0.3 is 11.9 Å². The van der Waals surface area contributed by atoms with Gasteiger partial charge in [0.1, 0.15) is 4.88 Å². The normalized spacial score (nSPS) is 43.1. The van der Waals surface area contributed by atoms with Crippen molar-refractivity contribution < 1.29 is 29.3 Å². The van der Waals surface area contributed by atoms with E-state index in [1.165, 1.54) is 18.3 Å². The Balaban J connectivity index is 1.51. The first-order valence-corrected chi connectivity index (χ1v) is 13.4. The Kier molecular flexibility index (Phi) is 5.97. The van der Waals surface area contributed by atoms with E-state index < -0.39 is 17.6 Å². The zero-order valence-corrected chi connectivity index (χ0v) is 20.9. The molecule has 3 unspecified atom stereocenters. The second-order valence-corrected chi connectivity index (χ2v) is 12.4. The molecule has 1 heterocycles. The van der Waals surface area contributed by atoms with Crippen molar-refractivity contribution >= 4 is 23.3 Å². The molecule has 5 fully saturated rings. The van der Waals surface area contributed by atoms with Crippen LogP contribution in [0.25, 0.3) is 0 Å². The van der Waals surface area contributed by atoms with Crippen LogP contribution in [0.5, 0.6) is 0 Å². The molecule has 8 atom stereocenters. The number of aliphatic hydroxyl groups excluding tert-OH is 2. The monoisotopic (exact) mass is 488 g/mol. The molecule has 5 aliphatic carbocycles. The van der Waals surface area contributed by atoms with Crippen molar-refractivity contribution in [1.29, 1.82) is 0 Å². The summed E-state index contributed by atoms with van der Waals surface area (Å²) in [5.41, 5.74) is -0.514. The molecule has 1 aromatic rings. The SMILES string of the molecule is C=C1[C@H]2CCC3(C(C2)[C@]2(COC(C)=O)CCC[C@@](C)(COC(=O)c4cccs4)C2C[C@H]3O)[C@H]1O. The van der Waals surface area contributed by atoms with Crippen molar-refractivity contribution in [3.05, 3.63) is 34.5 Å². The minimum absolute atomic E-state index is 0.00896. The molecular weight excluding hydrogens is 452 g/mol. The van der Waals surface area contributed by atoms with Gasteiger partial charge in [-0.2, -0.15) is 0 Å². The Hall–Kier alpha value is -1.70. The molecule has 5 saturated carbocycles. The number of aliphatic hydroxyl groups is 2. The number of rotatable bonds is 5. The first-order chi connectivity index (χ1) is 16.1. The molecule has 5 aliphatic rings. The Morgan fingerprint density at radius 1 is 1.15 bits per heavy atom. The number of fused-ring (bicyclic) bond motifs is 3. The highest BCUT2D eigenvalue weighted by molar-refractivity contribution is 7.11. The van der Waals surface area contributed by atoms with Crippen molar-refractivity contribution in [3.8, 4) is 0 Å². The molecule has 6 nitrogen and oxygen atoms in total. The van der Waals surface area contributed by atoms with Gasteiger partial charge in [-0.3, -0.25) is 4.79 Å². The molecule has 2 N–H and O–H groups in total. The van der Waals surface area contributed by atoms with Crippen molar-refractivity contribution in [1.82, 2.24) is 0 Å². The highest BCUT2D eigenvalue weighted by Gasteiger charge is 2.71. The summed E-state index contributed by atoms with van der Waals surface area (Å²) < 4.78 is 11.6. The van der Waals surface area contributed by atoms with Gasteiger partial charge in [0.25, 0.3) is 0 Å². The van der Waals surface area contributed by atoms with E-state index in [2.05, 4.69) is 13.5 Å². The summed E-state index contributed by atoms with van der Waals surface area (Å²) in [7, 11) is 0. The maximum Gasteiger partial charge on any atom is 0.348 e. The minimum Gasteiger partial charge on any atom is -0.465 e. The molecule has 7 heteroatoms. The molecule has 0 aromatic carbocycles. The van der Waals surface area contributed by atoms with Crippen LogP contribution in [-0.4, -0.2) is 47.6 Å². The largest absolute Gasteiger partial charge is 0.465 e. The van der Waals surface area contributed by atoms with Crippen molar-refractivity contribution in [3.63, 3.8) is 0 Å². The topological polar surface area (TPSA) is 93.1 Å². The highest BCUT2D eigenvalue weighted by Crippen LogP contribution is 2.72. The van der Waals surface area contributed by atoms with Crippen LogP contribution in [-0.2, 0) is 14.3 Å². The predicted octanol–water partition coefficient (Wildman–Crippen LogP) is 4.36. The highest BCUT2D eigenvalue weighted by atomic mass is 32.1. The lowest BCUT2D eigenvalue weighted by atomic mass is 9.35. The van der Waals surface area contributed by atoms with E-state index in [4.69, 9.17) is 9.47 Å². The fourth-order valence-electron chi connectivity index (χ4n) is 8.42. The Labute approximate surface area is 205 Å². The van der Waals surface area contributed by atoms with E-state index in [0.29, 0.717) is 11.3 Å². The first kappa shape index (κ1) is 24.0. The van der Waals surface area contributed by atoms with Gasteiger partial charge in [-0.15, -0.1) is 11.3 Å². The van der Waals surface area contributed by atoms with Gasteiger partial charge in [-0.05, 0) is 73.3 Å². The van der Waals surface area contributed by atoms with Gasteiger partial charge in [0.2, 0.25) is 0 Å². The average molecular weight is 489 g/mol. The third-order valence-corrected chi connectivity index (χ3v) is 10.8. The molecule has 1 aromatic heterocycles. The second kappa shape index (κ2) is 8.45. The Bertz CT molecular complexity index is 974. The van der Waals surface area contributed by atoms with Gasteiger partial charge < -0.3 is 19.7 Å². The van der Waals surface area contributed by atoms with Crippen LogP contribution >= 0.6 is 11.3 Å². The second-order valence-electron chi connectivity index (χ2n) is 11.5. The van der Waals surface area contributed by atoms with E-state index in [-0.39, 0.29) is 53.7 Å². The van der Waals surface area contributed by atoms with E-state index in [1.54, 1.807) is 6.07 Å². The van der Waals surface area contributed by atoms with Crippen LogP contribution in [0.15, 0.2) is 29.7 Å². The van der Waals surface area contributed by atoms with E-state index >= 15 is 0 Å². The van der Waals surface area contributed by atoms with Crippen LogP contribution in [0.4, 0.5) is 0 Å². The molecule has 6 rings (SSSR count). The third-order valence-electron chi connectivity index (χ3n) is 9.98. The fraction of sp³-hybridized carbons (Fsp3) is 0.704. The van der Waals surface area contributed by atoms with Gasteiger partial charge in [0, 0.05) is 23.2 Å². The molecule has 0 aliphatic heterocycles. The van der Waals surface area contributed by atoms with Gasteiger partial charge in [-0.25, -0.2) is 4.79 Å². The van der Waals surface area contributed by atoms with Crippen LogP contribution in [0, 0.1) is 34.0 Å². The lowest BCUT2D eigenvalue weighted by molar-refractivity contribution is -0.268. The molecule has 186 valence electrons. The summed E-state index contributed by atoms with van der Waals surface area (Å²) in [6.07, 6.45) is 4.33. The number of carbonyl (C=O) groups is 2. The summed E-state index contributed by atoms with van der Waals surface area (Å²) in [6, 6.07) is 3.60. The van der Waals surface area contributed by atoms with Crippen molar-refractivity contribution in [2.24, 2.45) is 34.0 Å². The number of ether oxygens (including phenoxy) is 2. The Morgan fingerprint density at radius 3 is 2.65 bits per heavy atom. The quantitative estimate of drug-likeness (QED) is 0.473. The van der Waals surface area contributed by atoms with Crippen LogP contribution in [0.1, 0.15) is 68.5 Å². The average Bonchev–Trinajstić information content (AvgIpc) is 3.36. The molecule has 0 saturated heterocycles. The van der Waals surface area contributed by atoms with E-state index in [9.17, 15) is 19.8 Å². The zero-order chi connectivity index (χ0) is 24.3. The standard InChI is InChI=1S/C27H36O6S/c1-16-18-7-10-27(23(16)30)21(12-18)26(15-32-17(2)28)9-5-8-25(3,20(26)13-22(27)29)14-33-24(31)19-6-4-11-34-19/h4,6,11,18,20-23,29-30H,1,5,7-10,12-15H2,2-3H3/t18-,20?,21?,22+,23-,25-,26-,27?/m0/s1. The Morgan fingerprint density at radius 2 is 1.94 bits per heavy atom. The maximum absolute atomic E-state index is 12.6. The molecule has 34 heavy (non-hydrogen) atoms.